The molecule has 2 aromatic rings. The molecule has 0 aliphatic rings. The van der Waals surface area contributed by atoms with E-state index >= 15 is 0 Å². The van der Waals surface area contributed by atoms with Gasteiger partial charge in [-0.1, -0.05) is 0 Å². The van der Waals surface area contributed by atoms with Crippen LogP contribution in [0.3, 0.4) is 0 Å². The number of ether oxygens (including phenoxy) is 1. The van der Waals surface area contributed by atoms with Crippen molar-refractivity contribution in [2.75, 3.05) is 0 Å². The van der Waals surface area contributed by atoms with Gasteiger partial charge in [-0.05, 0) is 12.1 Å². The van der Waals surface area contributed by atoms with Crippen molar-refractivity contribution in [2.45, 2.75) is 12.9 Å². The van der Waals surface area contributed by atoms with Crippen molar-refractivity contribution in [3.8, 4) is 5.75 Å². The molecule has 21 heavy (non-hydrogen) atoms. The van der Waals surface area contributed by atoms with Crippen LogP contribution in [0.5, 0.6) is 5.75 Å². The molecule has 0 fully saturated rings. The van der Waals surface area contributed by atoms with Gasteiger partial charge < -0.3 is 10.1 Å². The Morgan fingerprint density at radius 2 is 2.05 bits per heavy atom. The highest BCUT2D eigenvalue weighted by Gasteiger charge is 2.32. The lowest BCUT2D eigenvalue weighted by atomic mass is 10.3. The molecule has 0 unspecified atom stereocenters. The number of nitrogens with zero attached hydrogens (tertiary/aromatic N) is 3. The number of amides is 1. The normalized spacial score (nSPS) is 11.0. The average Bonchev–Trinajstić information content (AvgIpc) is 2.45. The van der Waals surface area contributed by atoms with Crippen molar-refractivity contribution in [1.29, 1.82) is 0 Å². The fourth-order valence-corrected chi connectivity index (χ4v) is 1.44. The van der Waals surface area contributed by atoms with E-state index in [9.17, 15) is 18.0 Å². The van der Waals surface area contributed by atoms with Crippen molar-refractivity contribution in [3.05, 3.63) is 48.3 Å². The van der Waals surface area contributed by atoms with Crippen LogP contribution in [0.2, 0.25) is 0 Å². The van der Waals surface area contributed by atoms with E-state index in [4.69, 9.17) is 0 Å². The van der Waals surface area contributed by atoms with Gasteiger partial charge in [0.05, 0.1) is 12.7 Å². The van der Waals surface area contributed by atoms with Gasteiger partial charge in [-0.15, -0.1) is 13.2 Å². The highest BCUT2D eigenvalue weighted by Crippen LogP contribution is 2.24. The summed E-state index contributed by atoms with van der Waals surface area (Å²) in [7, 11) is 0. The molecule has 0 saturated heterocycles. The molecule has 2 heterocycles. The Kier molecular flexibility index (Phi) is 4.31. The Balaban J connectivity index is 2.05. The number of rotatable bonds is 4. The van der Waals surface area contributed by atoms with Crippen LogP contribution in [-0.4, -0.2) is 27.2 Å². The van der Waals surface area contributed by atoms with E-state index in [1.807, 2.05) is 0 Å². The third kappa shape index (κ3) is 4.41. The summed E-state index contributed by atoms with van der Waals surface area (Å²) in [6.07, 6.45) is 0.430. The van der Waals surface area contributed by atoms with Gasteiger partial charge in [0.25, 0.3) is 5.91 Å². The molecule has 1 amide bonds. The number of aromatic nitrogens is 3. The smallest absolute Gasteiger partial charge is 0.404 e. The Hall–Kier alpha value is -2.71. The van der Waals surface area contributed by atoms with Crippen molar-refractivity contribution < 1.29 is 22.7 Å². The topological polar surface area (TPSA) is 77.0 Å². The number of nitrogens with one attached hydrogen (secondary N) is 1. The van der Waals surface area contributed by atoms with E-state index in [1.165, 1.54) is 30.9 Å². The van der Waals surface area contributed by atoms with E-state index in [-0.39, 0.29) is 17.9 Å². The second-order valence-corrected chi connectivity index (χ2v) is 3.77. The first-order chi connectivity index (χ1) is 9.96. The van der Waals surface area contributed by atoms with Gasteiger partial charge in [0.1, 0.15) is 11.4 Å². The zero-order valence-corrected chi connectivity index (χ0v) is 10.5. The lowest BCUT2D eigenvalue weighted by molar-refractivity contribution is -0.275. The first-order valence-corrected chi connectivity index (χ1v) is 5.69. The van der Waals surface area contributed by atoms with Crippen LogP contribution in [0.4, 0.5) is 13.2 Å². The van der Waals surface area contributed by atoms with Gasteiger partial charge >= 0.3 is 6.36 Å². The Morgan fingerprint density at radius 1 is 1.24 bits per heavy atom. The zero-order valence-electron chi connectivity index (χ0n) is 10.5. The SMILES string of the molecule is O=C(NCc1ncccc1OC(F)(F)F)c1cnccn1. The molecule has 0 aliphatic carbocycles. The van der Waals surface area contributed by atoms with Gasteiger partial charge in [-0.25, -0.2) is 4.98 Å². The van der Waals surface area contributed by atoms with E-state index in [2.05, 4.69) is 25.0 Å². The van der Waals surface area contributed by atoms with Crippen molar-refractivity contribution >= 4 is 5.91 Å². The first kappa shape index (κ1) is 14.7. The van der Waals surface area contributed by atoms with Crippen LogP contribution in [0, 0.1) is 0 Å². The van der Waals surface area contributed by atoms with Crippen molar-refractivity contribution in [1.82, 2.24) is 20.3 Å². The van der Waals surface area contributed by atoms with Crippen molar-refractivity contribution in [2.24, 2.45) is 0 Å². The highest BCUT2D eigenvalue weighted by atomic mass is 19.4. The highest BCUT2D eigenvalue weighted by molar-refractivity contribution is 5.91. The minimum absolute atomic E-state index is 0.0479. The summed E-state index contributed by atoms with van der Waals surface area (Å²) in [4.78, 5) is 22.9. The Morgan fingerprint density at radius 3 is 2.71 bits per heavy atom. The predicted molar refractivity (Wildman–Crippen MR) is 64.1 cm³/mol. The largest absolute Gasteiger partial charge is 0.573 e. The summed E-state index contributed by atoms with van der Waals surface area (Å²) in [6.45, 7) is -0.234. The quantitative estimate of drug-likeness (QED) is 0.929. The maximum Gasteiger partial charge on any atom is 0.573 e. The number of alkyl halides is 3. The maximum atomic E-state index is 12.2. The fourth-order valence-electron chi connectivity index (χ4n) is 1.44. The number of carbonyl (C=O) groups excluding carboxylic acids is 1. The fraction of sp³-hybridized carbons (Fsp3) is 0.167. The first-order valence-electron chi connectivity index (χ1n) is 5.69. The summed E-state index contributed by atoms with van der Waals surface area (Å²) >= 11 is 0. The van der Waals surface area contributed by atoms with Crippen LogP contribution in [0.1, 0.15) is 16.2 Å². The lowest BCUT2D eigenvalue weighted by Crippen LogP contribution is -2.25. The molecule has 110 valence electrons. The average molecular weight is 298 g/mol. The van der Waals surface area contributed by atoms with Gasteiger partial charge in [0.2, 0.25) is 0 Å². The molecule has 0 saturated carbocycles. The summed E-state index contributed by atoms with van der Waals surface area (Å²) in [5.74, 6) is -1.05. The summed E-state index contributed by atoms with van der Waals surface area (Å²) in [6, 6.07) is 2.42. The standard InChI is InChI=1S/C12H9F3N4O2/c13-12(14,15)21-10-2-1-3-17-8(10)7-19-11(20)9-6-16-4-5-18-9/h1-6H,7H2,(H,19,20). The van der Waals surface area contributed by atoms with Gasteiger partial charge in [-0.3, -0.25) is 14.8 Å². The molecule has 0 aromatic carbocycles. The minimum atomic E-state index is -4.83. The third-order valence-corrected chi connectivity index (χ3v) is 2.29. The molecule has 0 atom stereocenters. The van der Waals surface area contributed by atoms with Crippen LogP contribution < -0.4 is 10.1 Å². The number of hydrogen-bond acceptors (Lipinski definition) is 5. The van der Waals surface area contributed by atoms with Crippen LogP contribution in [0.15, 0.2) is 36.9 Å². The monoisotopic (exact) mass is 298 g/mol. The lowest BCUT2D eigenvalue weighted by Gasteiger charge is -2.12. The Bertz CT molecular complexity index is 619. The molecular weight excluding hydrogens is 289 g/mol. The predicted octanol–water partition coefficient (Wildman–Crippen LogP) is 1.70. The van der Waals surface area contributed by atoms with Gasteiger partial charge in [-0.2, -0.15) is 0 Å². The molecule has 1 N–H and O–H groups in total. The molecule has 6 nitrogen and oxygen atoms in total. The molecule has 2 aromatic heterocycles. The zero-order chi connectivity index (χ0) is 15.3. The number of pyridine rings is 1. The molecule has 2 rings (SSSR count). The van der Waals surface area contributed by atoms with E-state index < -0.39 is 18.0 Å². The van der Waals surface area contributed by atoms with E-state index in [0.717, 1.165) is 6.07 Å². The molecule has 0 radical (unpaired) electrons. The molecule has 9 heteroatoms. The maximum absolute atomic E-state index is 12.2. The molecule has 0 spiro atoms. The van der Waals surface area contributed by atoms with Gasteiger partial charge in [0.15, 0.2) is 5.75 Å². The van der Waals surface area contributed by atoms with Crippen molar-refractivity contribution in [3.63, 3.8) is 0 Å². The van der Waals surface area contributed by atoms with Crippen LogP contribution in [0.25, 0.3) is 0 Å². The number of halogens is 3. The Labute approximate surface area is 117 Å². The van der Waals surface area contributed by atoms with Crippen LogP contribution >= 0.6 is 0 Å². The second-order valence-electron chi connectivity index (χ2n) is 3.77. The summed E-state index contributed by atoms with van der Waals surface area (Å²) in [5, 5.41) is 2.39. The third-order valence-electron chi connectivity index (χ3n) is 2.29. The number of carbonyl (C=O) groups is 1. The molecule has 0 aliphatic heterocycles. The minimum Gasteiger partial charge on any atom is -0.404 e. The van der Waals surface area contributed by atoms with E-state index in [0.29, 0.717) is 0 Å². The van der Waals surface area contributed by atoms with Crippen LogP contribution in [-0.2, 0) is 6.54 Å². The van der Waals surface area contributed by atoms with Gasteiger partial charge in [0, 0.05) is 18.6 Å². The van der Waals surface area contributed by atoms with E-state index in [1.54, 1.807) is 0 Å². The molecule has 0 bridgehead atoms. The molecular formula is C12H9F3N4O2. The second kappa shape index (κ2) is 6.16. The summed E-state index contributed by atoms with van der Waals surface area (Å²) in [5.41, 5.74) is -0.00112. The number of hydrogen-bond donors (Lipinski definition) is 1. The summed E-state index contributed by atoms with van der Waals surface area (Å²) < 4.78 is 40.5.